The summed E-state index contributed by atoms with van der Waals surface area (Å²) in [7, 11) is 0. The average Bonchev–Trinajstić information content (AvgIpc) is 2.31. The van der Waals surface area contributed by atoms with E-state index >= 15 is 0 Å². The van der Waals surface area contributed by atoms with E-state index in [9.17, 15) is 4.39 Å². The Morgan fingerprint density at radius 1 is 1.41 bits per heavy atom. The molecule has 0 bridgehead atoms. The second-order valence-electron chi connectivity index (χ2n) is 4.41. The maximum Gasteiger partial charge on any atom is 0.124 e. The van der Waals surface area contributed by atoms with Crippen molar-refractivity contribution in [3.05, 3.63) is 29.0 Å². The van der Waals surface area contributed by atoms with E-state index in [-0.39, 0.29) is 5.82 Å². The molecule has 2 rings (SSSR count). The molecule has 0 amide bonds. The van der Waals surface area contributed by atoms with E-state index in [1.807, 2.05) is 0 Å². The molecule has 1 aliphatic heterocycles. The normalized spacial score (nSPS) is 17.5. The highest BCUT2D eigenvalue weighted by Crippen LogP contribution is 2.28. The van der Waals surface area contributed by atoms with Gasteiger partial charge >= 0.3 is 0 Å². The Balaban J connectivity index is 2.00. The lowest BCUT2D eigenvalue weighted by Gasteiger charge is -2.34. The lowest BCUT2D eigenvalue weighted by molar-refractivity contribution is 0.424. The summed E-state index contributed by atoms with van der Waals surface area (Å²) in [6.07, 6.45) is 2.23. The van der Waals surface area contributed by atoms with Gasteiger partial charge in [-0.25, -0.2) is 4.39 Å². The predicted octanol–water partition coefficient (Wildman–Crippen LogP) is 3.06. The standard InChI is InChI=1S/C13H18ClFN2/c1-2-16-11-5-7-17(8-6-11)13-4-3-10(15)9-12(13)14/h3-4,9,11,16H,2,5-8H2,1H3. The van der Waals surface area contributed by atoms with Gasteiger partial charge in [-0.3, -0.25) is 0 Å². The van der Waals surface area contributed by atoms with Crippen molar-refractivity contribution in [2.75, 3.05) is 24.5 Å². The largest absolute Gasteiger partial charge is 0.370 e. The Bertz CT molecular complexity index is 376. The molecule has 1 aromatic rings. The van der Waals surface area contributed by atoms with E-state index in [1.165, 1.54) is 12.1 Å². The summed E-state index contributed by atoms with van der Waals surface area (Å²) in [6, 6.07) is 5.23. The zero-order valence-corrected chi connectivity index (χ0v) is 10.8. The van der Waals surface area contributed by atoms with Gasteiger partial charge in [0, 0.05) is 19.1 Å². The van der Waals surface area contributed by atoms with Crippen LogP contribution >= 0.6 is 11.6 Å². The number of rotatable bonds is 3. The third-order valence-electron chi connectivity index (χ3n) is 3.24. The molecule has 94 valence electrons. The second kappa shape index (κ2) is 5.69. The molecule has 1 saturated heterocycles. The van der Waals surface area contributed by atoms with Crippen LogP contribution in [0.15, 0.2) is 18.2 Å². The van der Waals surface area contributed by atoms with Crippen LogP contribution in [0.4, 0.5) is 10.1 Å². The SMILES string of the molecule is CCNC1CCN(c2ccc(F)cc2Cl)CC1. The number of anilines is 1. The monoisotopic (exact) mass is 256 g/mol. The van der Waals surface area contributed by atoms with E-state index in [4.69, 9.17) is 11.6 Å². The van der Waals surface area contributed by atoms with Crippen LogP contribution in [0.1, 0.15) is 19.8 Å². The summed E-state index contributed by atoms with van der Waals surface area (Å²) < 4.78 is 13.0. The van der Waals surface area contributed by atoms with Gasteiger partial charge in [-0.2, -0.15) is 0 Å². The van der Waals surface area contributed by atoms with Gasteiger partial charge in [-0.1, -0.05) is 18.5 Å². The van der Waals surface area contributed by atoms with Crippen LogP contribution in [0.25, 0.3) is 0 Å². The second-order valence-corrected chi connectivity index (χ2v) is 4.82. The van der Waals surface area contributed by atoms with E-state index < -0.39 is 0 Å². The molecule has 2 nitrogen and oxygen atoms in total. The van der Waals surface area contributed by atoms with Crippen molar-refractivity contribution in [3.63, 3.8) is 0 Å². The summed E-state index contributed by atoms with van der Waals surface area (Å²) in [5, 5.41) is 3.97. The lowest BCUT2D eigenvalue weighted by atomic mass is 10.0. The van der Waals surface area contributed by atoms with E-state index in [0.29, 0.717) is 11.1 Å². The van der Waals surface area contributed by atoms with Crippen LogP contribution in [0.2, 0.25) is 5.02 Å². The maximum absolute atomic E-state index is 13.0. The molecule has 1 heterocycles. The van der Waals surface area contributed by atoms with Gasteiger partial charge < -0.3 is 10.2 Å². The van der Waals surface area contributed by atoms with Crippen molar-refractivity contribution in [1.82, 2.24) is 5.32 Å². The Labute approximate surface area is 107 Å². The van der Waals surface area contributed by atoms with E-state index in [0.717, 1.165) is 38.2 Å². The highest BCUT2D eigenvalue weighted by atomic mass is 35.5. The summed E-state index contributed by atoms with van der Waals surface area (Å²) in [6.45, 7) is 5.09. The first-order chi connectivity index (χ1) is 8.20. The van der Waals surface area contributed by atoms with Crippen LogP contribution in [0.5, 0.6) is 0 Å². The number of nitrogens with one attached hydrogen (secondary N) is 1. The third-order valence-corrected chi connectivity index (χ3v) is 3.54. The molecule has 1 fully saturated rings. The highest BCUT2D eigenvalue weighted by molar-refractivity contribution is 6.33. The van der Waals surface area contributed by atoms with Crippen LogP contribution in [0, 0.1) is 5.82 Å². The minimum atomic E-state index is -0.277. The van der Waals surface area contributed by atoms with Crippen molar-refractivity contribution >= 4 is 17.3 Å². The van der Waals surface area contributed by atoms with Crippen LogP contribution in [-0.2, 0) is 0 Å². The van der Waals surface area contributed by atoms with E-state index in [1.54, 1.807) is 6.07 Å². The van der Waals surface area contributed by atoms with Gasteiger partial charge in [0.1, 0.15) is 5.82 Å². The number of benzene rings is 1. The number of piperidine rings is 1. The number of hydrogen-bond acceptors (Lipinski definition) is 2. The van der Waals surface area contributed by atoms with Crippen LogP contribution in [0.3, 0.4) is 0 Å². The Morgan fingerprint density at radius 2 is 2.12 bits per heavy atom. The number of hydrogen-bond donors (Lipinski definition) is 1. The molecule has 17 heavy (non-hydrogen) atoms. The van der Waals surface area contributed by atoms with Gasteiger partial charge in [-0.15, -0.1) is 0 Å². The third kappa shape index (κ3) is 3.11. The molecule has 0 spiro atoms. The molecule has 1 N–H and O–H groups in total. The molecule has 0 unspecified atom stereocenters. The first-order valence-corrected chi connectivity index (χ1v) is 6.52. The summed E-state index contributed by atoms with van der Waals surface area (Å²) >= 11 is 6.06. The average molecular weight is 257 g/mol. The van der Waals surface area contributed by atoms with Crippen molar-refractivity contribution in [1.29, 1.82) is 0 Å². The van der Waals surface area contributed by atoms with Gasteiger partial charge in [0.25, 0.3) is 0 Å². The minimum Gasteiger partial charge on any atom is -0.370 e. The lowest BCUT2D eigenvalue weighted by Crippen LogP contribution is -2.42. The maximum atomic E-state index is 13.0. The molecule has 4 heteroatoms. The van der Waals surface area contributed by atoms with Crippen LogP contribution in [-0.4, -0.2) is 25.7 Å². The first kappa shape index (κ1) is 12.7. The number of nitrogens with zero attached hydrogens (tertiary/aromatic N) is 1. The minimum absolute atomic E-state index is 0.277. The number of halogens is 2. The van der Waals surface area contributed by atoms with E-state index in [2.05, 4.69) is 17.1 Å². The molecule has 0 aromatic heterocycles. The predicted molar refractivity (Wildman–Crippen MR) is 70.3 cm³/mol. The molecule has 0 aliphatic carbocycles. The first-order valence-electron chi connectivity index (χ1n) is 6.14. The molecule has 0 radical (unpaired) electrons. The molecule has 1 aliphatic rings. The van der Waals surface area contributed by atoms with Crippen LogP contribution < -0.4 is 10.2 Å². The molecule has 0 atom stereocenters. The van der Waals surface area contributed by atoms with Crippen molar-refractivity contribution in [3.8, 4) is 0 Å². The van der Waals surface area contributed by atoms with Gasteiger partial charge in [-0.05, 0) is 37.6 Å². The Hall–Kier alpha value is -0.800. The zero-order valence-electron chi connectivity index (χ0n) is 10.0. The fraction of sp³-hybridized carbons (Fsp3) is 0.538. The van der Waals surface area contributed by atoms with Gasteiger partial charge in [0.15, 0.2) is 0 Å². The molecular weight excluding hydrogens is 239 g/mol. The zero-order chi connectivity index (χ0) is 12.3. The molecular formula is C13H18ClFN2. The fourth-order valence-corrected chi connectivity index (χ4v) is 2.64. The summed E-state index contributed by atoms with van der Waals surface area (Å²) in [4.78, 5) is 2.23. The van der Waals surface area contributed by atoms with Crippen molar-refractivity contribution in [2.45, 2.75) is 25.8 Å². The topological polar surface area (TPSA) is 15.3 Å². The summed E-state index contributed by atoms with van der Waals surface area (Å²) in [5.41, 5.74) is 0.947. The fourth-order valence-electron chi connectivity index (χ4n) is 2.35. The summed E-state index contributed by atoms with van der Waals surface area (Å²) in [5.74, 6) is -0.277. The smallest absolute Gasteiger partial charge is 0.124 e. The molecule has 0 saturated carbocycles. The van der Waals surface area contributed by atoms with Gasteiger partial charge in [0.05, 0.1) is 10.7 Å². The quantitative estimate of drug-likeness (QED) is 0.894. The Morgan fingerprint density at radius 3 is 2.71 bits per heavy atom. The Kier molecular flexibility index (Phi) is 4.24. The molecule has 1 aromatic carbocycles. The van der Waals surface area contributed by atoms with Crippen molar-refractivity contribution < 1.29 is 4.39 Å². The van der Waals surface area contributed by atoms with Gasteiger partial charge in [0.2, 0.25) is 0 Å². The van der Waals surface area contributed by atoms with Crippen molar-refractivity contribution in [2.24, 2.45) is 0 Å². The highest BCUT2D eigenvalue weighted by Gasteiger charge is 2.20.